The number of hydrogen-bond acceptors (Lipinski definition) is 2. The molecule has 1 fully saturated rings. The second-order valence-corrected chi connectivity index (χ2v) is 3.30. The molecule has 1 aliphatic heterocycles. The zero-order valence-corrected chi connectivity index (χ0v) is 8.70. The summed E-state index contributed by atoms with van der Waals surface area (Å²) in [6.45, 7) is 3.32. The summed E-state index contributed by atoms with van der Waals surface area (Å²) in [5.41, 5.74) is 0. The monoisotopic (exact) mass is 269 g/mol. The molecule has 1 heterocycles. The molecule has 0 bridgehead atoms. The molecule has 0 aromatic heterocycles. The first kappa shape index (κ1) is 9.25. The van der Waals surface area contributed by atoms with Crippen molar-refractivity contribution in [3.05, 3.63) is 0 Å². The molecule has 64 valence electrons. The highest BCUT2D eigenvalue weighted by Crippen LogP contribution is 2.15. The molecule has 0 atom stereocenters. The van der Waals surface area contributed by atoms with Crippen molar-refractivity contribution in [1.29, 1.82) is 0 Å². The van der Waals surface area contributed by atoms with E-state index in [-0.39, 0.29) is 5.91 Å². The van der Waals surface area contributed by atoms with Gasteiger partial charge in [-0.15, -0.1) is 0 Å². The minimum Gasteiger partial charge on any atom is -0.343 e. The standard InChI is InChI=1S/C7H12INO2/c1-6(10)9-4-2-7(11-8)3-5-9/h7H,2-5H2,1H3. The Hall–Kier alpha value is 0.160. The highest BCUT2D eigenvalue weighted by Gasteiger charge is 2.20. The molecule has 0 saturated carbocycles. The third-order valence-electron chi connectivity index (χ3n) is 2.01. The Balaban J connectivity index is 2.30. The Morgan fingerprint density at radius 1 is 1.55 bits per heavy atom. The van der Waals surface area contributed by atoms with Crippen LogP contribution in [0.5, 0.6) is 0 Å². The summed E-state index contributed by atoms with van der Waals surface area (Å²) in [6, 6.07) is 0. The molecular formula is C7H12INO2. The topological polar surface area (TPSA) is 29.5 Å². The summed E-state index contributed by atoms with van der Waals surface area (Å²) in [7, 11) is 0. The van der Waals surface area contributed by atoms with Crippen LogP contribution < -0.4 is 0 Å². The summed E-state index contributed by atoms with van der Waals surface area (Å²) in [4.78, 5) is 12.7. The van der Waals surface area contributed by atoms with Crippen molar-refractivity contribution in [3.63, 3.8) is 0 Å². The Morgan fingerprint density at radius 2 is 2.09 bits per heavy atom. The number of amides is 1. The van der Waals surface area contributed by atoms with E-state index in [1.54, 1.807) is 6.92 Å². The van der Waals surface area contributed by atoms with Crippen LogP contribution in [0.2, 0.25) is 0 Å². The SMILES string of the molecule is CC(=O)N1CCC(OI)CC1. The van der Waals surface area contributed by atoms with E-state index in [1.807, 2.05) is 27.9 Å². The van der Waals surface area contributed by atoms with Gasteiger partial charge in [-0.05, 0) is 12.8 Å². The third kappa shape index (κ3) is 2.59. The number of nitrogens with zero attached hydrogens (tertiary/aromatic N) is 1. The lowest BCUT2D eigenvalue weighted by Gasteiger charge is -2.29. The number of halogens is 1. The van der Waals surface area contributed by atoms with Gasteiger partial charge in [-0.2, -0.15) is 0 Å². The molecule has 0 radical (unpaired) electrons. The molecule has 11 heavy (non-hydrogen) atoms. The van der Waals surface area contributed by atoms with E-state index in [1.165, 1.54) is 0 Å². The number of hydrogen-bond donors (Lipinski definition) is 0. The van der Waals surface area contributed by atoms with Crippen LogP contribution in [0.25, 0.3) is 0 Å². The van der Waals surface area contributed by atoms with Crippen molar-refractivity contribution in [3.8, 4) is 0 Å². The summed E-state index contributed by atoms with van der Waals surface area (Å²) >= 11 is 1.93. The molecule has 0 unspecified atom stereocenters. The summed E-state index contributed by atoms with van der Waals surface area (Å²) in [5.74, 6) is 0.178. The van der Waals surface area contributed by atoms with Gasteiger partial charge in [0, 0.05) is 20.0 Å². The van der Waals surface area contributed by atoms with Gasteiger partial charge in [-0.3, -0.25) is 4.79 Å². The predicted molar refractivity (Wildman–Crippen MR) is 50.4 cm³/mol. The van der Waals surface area contributed by atoms with E-state index in [2.05, 4.69) is 0 Å². The maximum Gasteiger partial charge on any atom is 0.219 e. The summed E-state index contributed by atoms with van der Waals surface area (Å²) in [5, 5.41) is 0. The lowest BCUT2D eigenvalue weighted by molar-refractivity contribution is -0.130. The van der Waals surface area contributed by atoms with Crippen LogP contribution in [0, 0.1) is 0 Å². The fourth-order valence-corrected chi connectivity index (χ4v) is 1.77. The molecule has 0 aliphatic carbocycles. The van der Waals surface area contributed by atoms with Gasteiger partial charge in [0.1, 0.15) is 23.0 Å². The van der Waals surface area contributed by atoms with Gasteiger partial charge in [0.15, 0.2) is 0 Å². The normalized spacial score (nSPS) is 20.4. The third-order valence-corrected chi connectivity index (χ3v) is 2.73. The van der Waals surface area contributed by atoms with Crippen LogP contribution in [-0.4, -0.2) is 30.0 Å². The first-order valence-electron chi connectivity index (χ1n) is 3.77. The number of likely N-dealkylation sites (tertiary alicyclic amines) is 1. The largest absolute Gasteiger partial charge is 0.343 e. The number of carbonyl (C=O) groups excluding carboxylic acids is 1. The fourth-order valence-electron chi connectivity index (χ4n) is 1.26. The molecule has 0 aromatic carbocycles. The van der Waals surface area contributed by atoms with Crippen LogP contribution in [0.3, 0.4) is 0 Å². The van der Waals surface area contributed by atoms with E-state index in [0.29, 0.717) is 6.10 Å². The van der Waals surface area contributed by atoms with Crippen LogP contribution in [-0.2, 0) is 7.86 Å². The van der Waals surface area contributed by atoms with Gasteiger partial charge in [0.2, 0.25) is 5.91 Å². The molecule has 0 N–H and O–H groups in total. The van der Waals surface area contributed by atoms with Crippen LogP contribution in [0.1, 0.15) is 19.8 Å². The minimum absolute atomic E-state index is 0.178. The number of piperidine rings is 1. The summed E-state index contributed by atoms with van der Waals surface area (Å²) in [6.07, 6.45) is 2.30. The molecule has 1 amide bonds. The molecule has 3 nitrogen and oxygen atoms in total. The van der Waals surface area contributed by atoms with Crippen molar-refractivity contribution < 1.29 is 7.86 Å². The quantitative estimate of drug-likeness (QED) is 0.673. The second-order valence-electron chi connectivity index (χ2n) is 2.79. The molecule has 1 rings (SSSR count). The molecular weight excluding hydrogens is 257 g/mol. The van der Waals surface area contributed by atoms with Crippen molar-refractivity contribution in [1.82, 2.24) is 4.90 Å². The van der Waals surface area contributed by atoms with Crippen molar-refractivity contribution in [2.75, 3.05) is 13.1 Å². The lowest BCUT2D eigenvalue weighted by Crippen LogP contribution is -2.38. The number of rotatable bonds is 1. The Labute approximate surface area is 80.8 Å². The molecule has 0 spiro atoms. The van der Waals surface area contributed by atoms with E-state index in [9.17, 15) is 4.79 Å². The Kier molecular flexibility index (Phi) is 3.58. The fraction of sp³-hybridized carbons (Fsp3) is 0.857. The van der Waals surface area contributed by atoms with E-state index in [0.717, 1.165) is 25.9 Å². The van der Waals surface area contributed by atoms with Crippen molar-refractivity contribution >= 4 is 28.9 Å². The smallest absolute Gasteiger partial charge is 0.219 e. The lowest BCUT2D eigenvalue weighted by atomic mass is 10.1. The van der Waals surface area contributed by atoms with Gasteiger partial charge in [-0.25, -0.2) is 0 Å². The first-order chi connectivity index (χ1) is 5.24. The van der Waals surface area contributed by atoms with Gasteiger partial charge >= 0.3 is 0 Å². The van der Waals surface area contributed by atoms with E-state index >= 15 is 0 Å². The van der Waals surface area contributed by atoms with Crippen LogP contribution in [0.4, 0.5) is 0 Å². The van der Waals surface area contributed by atoms with Gasteiger partial charge in [0.05, 0.1) is 6.10 Å². The zero-order valence-electron chi connectivity index (χ0n) is 6.55. The van der Waals surface area contributed by atoms with Crippen LogP contribution >= 0.6 is 23.0 Å². The van der Waals surface area contributed by atoms with Crippen molar-refractivity contribution in [2.45, 2.75) is 25.9 Å². The van der Waals surface area contributed by atoms with Gasteiger partial charge in [-0.1, -0.05) is 0 Å². The molecule has 1 saturated heterocycles. The molecule has 0 aromatic rings. The summed E-state index contributed by atoms with van der Waals surface area (Å²) < 4.78 is 5.15. The maximum absolute atomic E-state index is 10.9. The highest BCUT2D eigenvalue weighted by atomic mass is 127. The Bertz CT molecular complexity index is 143. The van der Waals surface area contributed by atoms with E-state index < -0.39 is 0 Å². The average molecular weight is 269 g/mol. The average Bonchev–Trinajstić information content (AvgIpc) is 2.05. The highest BCUT2D eigenvalue weighted by molar-refractivity contribution is 14.1. The minimum atomic E-state index is 0.178. The van der Waals surface area contributed by atoms with Crippen molar-refractivity contribution in [2.24, 2.45) is 0 Å². The second kappa shape index (κ2) is 4.25. The van der Waals surface area contributed by atoms with Crippen LogP contribution in [0.15, 0.2) is 0 Å². The molecule has 1 aliphatic rings. The predicted octanol–water partition coefficient (Wildman–Crippen LogP) is 1.36. The van der Waals surface area contributed by atoms with E-state index in [4.69, 9.17) is 3.07 Å². The molecule has 4 heteroatoms. The Morgan fingerprint density at radius 3 is 2.45 bits per heavy atom. The zero-order chi connectivity index (χ0) is 8.27. The van der Waals surface area contributed by atoms with Gasteiger partial charge < -0.3 is 7.97 Å². The van der Waals surface area contributed by atoms with Gasteiger partial charge in [0.25, 0.3) is 0 Å². The first-order valence-corrected chi connectivity index (χ1v) is 4.65. The number of carbonyl (C=O) groups is 1. The maximum atomic E-state index is 10.9.